The van der Waals surface area contributed by atoms with E-state index in [0.29, 0.717) is 16.5 Å². The zero-order valence-corrected chi connectivity index (χ0v) is 12.4. The Labute approximate surface area is 124 Å². The molecule has 0 aromatic heterocycles. The molecule has 2 aromatic rings. The lowest BCUT2D eigenvalue weighted by Crippen LogP contribution is -2.04. The Morgan fingerprint density at radius 3 is 2.25 bits per heavy atom. The van der Waals surface area contributed by atoms with Crippen molar-refractivity contribution in [1.29, 1.82) is 0 Å². The van der Waals surface area contributed by atoms with Crippen molar-refractivity contribution in [3.05, 3.63) is 70.0 Å². The van der Waals surface area contributed by atoms with Gasteiger partial charge in [-0.3, -0.25) is 0 Å². The fraction of sp³-hybridized carbons (Fsp3) is 0.294. The Hall–Kier alpha value is -1.38. The SMILES string of the molecule is CC(C)c1ccc(C(O)Cc2cc(Cl)ccc2F)cc1. The van der Waals surface area contributed by atoms with Crippen molar-refractivity contribution in [2.45, 2.75) is 32.3 Å². The number of hydrogen-bond acceptors (Lipinski definition) is 1. The summed E-state index contributed by atoms with van der Waals surface area (Å²) in [5, 5.41) is 10.7. The third-order valence-corrected chi connectivity index (χ3v) is 3.64. The van der Waals surface area contributed by atoms with E-state index in [4.69, 9.17) is 11.6 Å². The van der Waals surface area contributed by atoms with Gasteiger partial charge in [-0.1, -0.05) is 49.7 Å². The van der Waals surface area contributed by atoms with E-state index in [0.717, 1.165) is 5.56 Å². The van der Waals surface area contributed by atoms with Gasteiger partial charge in [-0.15, -0.1) is 0 Å². The molecule has 0 spiro atoms. The van der Waals surface area contributed by atoms with Crippen LogP contribution < -0.4 is 0 Å². The second kappa shape index (κ2) is 6.38. The summed E-state index contributed by atoms with van der Waals surface area (Å²) in [4.78, 5) is 0. The van der Waals surface area contributed by atoms with Crippen LogP contribution in [0.5, 0.6) is 0 Å². The standard InChI is InChI=1S/C17H18ClFO/c1-11(2)12-3-5-13(6-4-12)17(20)10-14-9-15(18)7-8-16(14)19/h3-9,11,17,20H,10H2,1-2H3. The van der Waals surface area contributed by atoms with E-state index in [9.17, 15) is 9.50 Å². The Balaban J connectivity index is 2.15. The van der Waals surface area contributed by atoms with Crippen LogP contribution in [0.4, 0.5) is 4.39 Å². The van der Waals surface area contributed by atoms with Crippen LogP contribution >= 0.6 is 11.6 Å². The molecule has 0 amide bonds. The quantitative estimate of drug-likeness (QED) is 0.851. The minimum Gasteiger partial charge on any atom is -0.388 e. The molecule has 0 aliphatic rings. The first kappa shape index (κ1) is 15.0. The molecule has 0 fully saturated rings. The van der Waals surface area contributed by atoms with Gasteiger partial charge in [0.25, 0.3) is 0 Å². The molecule has 0 aliphatic heterocycles. The minimum absolute atomic E-state index is 0.216. The fourth-order valence-corrected chi connectivity index (χ4v) is 2.32. The maximum atomic E-state index is 13.6. The maximum Gasteiger partial charge on any atom is 0.126 e. The maximum absolute atomic E-state index is 13.6. The first-order valence-electron chi connectivity index (χ1n) is 6.69. The van der Waals surface area contributed by atoms with Gasteiger partial charge in [-0.25, -0.2) is 4.39 Å². The largest absolute Gasteiger partial charge is 0.388 e. The lowest BCUT2D eigenvalue weighted by atomic mass is 9.97. The molecule has 0 heterocycles. The Bertz CT molecular complexity index is 578. The highest BCUT2D eigenvalue weighted by molar-refractivity contribution is 6.30. The van der Waals surface area contributed by atoms with Crippen molar-refractivity contribution in [3.8, 4) is 0 Å². The molecule has 2 aromatic carbocycles. The third-order valence-electron chi connectivity index (χ3n) is 3.41. The highest BCUT2D eigenvalue weighted by Gasteiger charge is 2.12. The van der Waals surface area contributed by atoms with Crippen molar-refractivity contribution in [1.82, 2.24) is 0 Å². The van der Waals surface area contributed by atoms with E-state index in [-0.39, 0.29) is 12.2 Å². The average Bonchev–Trinajstić information content (AvgIpc) is 2.43. The average molecular weight is 293 g/mol. The lowest BCUT2D eigenvalue weighted by Gasteiger charge is -2.13. The molecule has 0 saturated carbocycles. The number of halogens is 2. The van der Waals surface area contributed by atoms with Gasteiger partial charge in [-0.2, -0.15) is 0 Å². The number of rotatable bonds is 4. The Kier molecular flexibility index (Phi) is 4.79. The summed E-state index contributed by atoms with van der Waals surface area (Å²) in [5.41, 5.74) is 2.43. The van der Waals surface area contributed by atoms with Crippen molar-refractivity contribution >= 4 is 11.6 Å². The molecule has 2 rings (SSSR count). The topological polar surface area (TPSA) is 20.2 Å². The second-order valence-corrected chi connectivity index (χ2v) is 5.71. The summed E-state index contributed by atoms with van der Waals surface area (Å²) in [7, 11) is 0. The Morgan fingerprint density at radius 1 is 1.05 bits per heavy atom. The predicted octanol–water partition coefficient (Wildman–Crippen LogP) is 4.88. The predicted molar refractivity (Wildman–Crippen MR) is 80.6 cm³/mol. The first-order chi connectivity index (χ1) is 9.47. The normalized spacial score (nSPS) is 12.7. The fourth-order valence-electron chi connectivity index (χ4n) is 2.13. The van der Waals surface area contributed by atoms with Crippen molar-refractivity contribution in [3.63, 3.8) is 0 Å². The monoisotopic (exact) mass is 292 g/mol. The summed E-state index contributed by atoms with van der Waals surface area (Å²) >= 11 is 5.85. The van der Waals surface area contributed by atoms with E-state index in [1.807, 2.05) is 24.3 Å². The van der Waals surface area contributed by atoms with Crippen molar-refractivity contribution < 1.29 is 9.50 Å². The zero-order chi connectivity index (χ0) is 14.7. The van der Waals surface area contributed by atoms with Gasteiger partial charge in [0.15, 0.2) is 0 Å². The third kappa shape index (κ3) is 3.59. The van der Waals surface area contributed by atoms with Crippen LogP contribution in [-0.2, 0) is 6.42 Å². The highest BCUT2D eigenvalue weighted by Crippen LogP contribution is 2.24. The van der Waals surface area contributed by atoms with Crippen LogP contribution in [0.25, 0.3) is 0 Å². The molecular weight excluding hydrogens is 275 g/mol. The van der Waals surface area contributed by atoms with Gasteiger partial charge in [0, 0.05) is 11.4 Å². The van der Waals surface area contributed by atoms with Gasteiger partial charge in [0.2, 0.25) is 0 Å². The summed E-state index contributed by atoms with van der Waals surface area (Å²) in [6.45, 7) is 4.24. The molecule has 106 valence electrons. The molecule has 1 nitrogen and oxygen atoms in total. The van der Waals surface area contributed by atoms with Crippen LogP contribution in [0.3, 0.4) is 0 Å². The van der Waals surface area contributed by atoms with Crippen LogP contribution in [0.15, 0.2) is 42.5 Å². The number of benzene rings is 2. The number of aliphatic hydroxyl groups is 1. The number of aliphatic hydroxyl groups excluding tert-OH is 1. The smallest absolute Gasteiger partial charge is 0.126 e. The van der Waals surface area contributed by atoms with Crippen LogP contribution in [0, 0.1) is 5.82 Å². The molecular formula is C17H18ClFO. The molecule has 0 aliphatic carbocycles. The summed E-state index contributed by atoms with van der Waals surface area (Å²) in [5.74, 6) is 0.110. The van der Waals surface area contributed by atoms with Gasteiger partial charge < -0.3 is 5.11 Å². The summed E-state index contributed by atoms with van der Waals surface area (Å²) in [6, 6.07) is 12.2. The van der Waals surface area contributed by atoms with Crippen LogP contribution in [0.2, 0.25) is 5.02 Å². The molecule has 0 bridgehead atoms. The molecule has 1 N–H and O–H groups in total. The minimum atomic E-state index is -0.732. The van der Waals surface area contributed by atoms with Crippen molar-refractivity contribution in [2.75, 3.05) is 0 Å². The molecule has 0 radical (unpaired) electrons. The molecule has 0 saturated heterocycles. The zero-order valence-electron chi connectivity index (χ0n) is 11.6. The van der Waals surface area contributed by atoms with Crippen molar-refractivity contribution in [2.24, 2.45) is 0 Å². The molecule has 1 unspecified atom stereocenters. The summed E-state index contributed by atoms with van der Waals surface area (Å²) < 4.78 is 13.6. The van der Waals surface area contributed by atoms with Gasteiger partial charge in [0.1, 0.15) is 5.82 Å². The number of hydrogen-bond donors (Lipinski definition) is 1. The molecule has 3 heteroatoms. The highest BCUT2D eigenvalue weighted by atomic mass is 35.5. The van der Waals surface area contributed by atoms with E-state index in [1.165, 1.54) is 17.7 Å². The second-order valence-electron chi connectivity index (χ2n) is 5.28. The van der Waals surface area contributed by atoms with Gasteiger partial charge in [0.05, 0.1) is 6.10 Å². The first-order valence-corrected chi connectivity index (χ1v) is 7.07. The molecule has 1 atom stereocenters. The van der Waals surface area contributed by atoms with E-state index < -0.39 is 6.10 Å². The van der Waals surface area contributed by atoms with Crippen LogP contribution in [-0.4, -0.2) is 5.11 Å². The van der Waals surface area contributed by atoms with E-state index >= 15 is 0 Å². The van der Waals surface area contributed by atoms with Gasteiger partial charge in [-0.05, 0) is 40.8 Å². The Morgan fingerprint density at radius 2 is 1.65 bits per heavy atom. The van der Waals surface area contributed by atoms with E-state index in [2.05, 4.69) is 13.8 Å². The molecule has 20 heavy (non-hydrogen) atoms. The summed E-state index contributed by atoms with van der Waals surface area (Å²) in [6.07, 6.45) is -0.517. The van der Waals surface area contributed by atoms with E-state index in [1.54, 1.807) is 6.07 Å². The van der Waals surface area contributed by atoms with Gasteiger partial charge >= 0.3 is 0 Å². The lowest BCUT2D eigenvalue weighted by molar-refractivity contribution is 0.177. The van der Waals surface area contributed by atoms with Crippen LogP contribution in [0.1, 0.15) is 42.6 Å².